The third kappa shape index (κ3) is 6.84. The highest BCUT2D eigenvalue weighted by molar-refractivity contribution is 5.67. The second-order valence-electron chi connectivity index (χ2n) is 9.09. The number of nitriles is 1. The zero-order valence-corrected chi connectivity index (χ0v) is 19.3. The molecule has 1 atom stereocenters. The van der Waals surface area contributed by atoms with E-state index in [0.717, 1.165) is 49.6 Å². The van der Waals surface area contributed by atoms with Gasteiger partial charge in [-0.3, -0.25) is 0 Å². The smallest absolute Gasteiger partial charge is 0.407 e. The summed E-state index contributed by atoms with van der Waals surface area (Å²) in [4.78, 5) is 23.6. The van der Waals surface area contributed by atoms with Crippen molar-refractivity contribution in [2.24, 2.45) is 5.92 Å². The third-order valence-electron chi connectivity index (χ3n) is 5.06. The lowest BCUT2D eigenvalue weighted by Gasteiger charge is -2.21. The summed E-state index contributed by atoms with van der Waals surface area (Å²) in [6.07, 6.45) is 2.44. The molecule has 2 N–H and O–H groups in total. The van der Waals surface area contributed by atoms with Crippen molar-refractivity contribution in [3.8, 4) is 6.07 Å². The van der Waals surface area contributed by atoms with Gasteiger partial charge in [-0.15, -0.1) is 0 Å². The van der Waals surface area contributed by atoms with Crippen molar-refractivity contribution >= 4 is 23.5 Å². The fraction of sp³-hybridized carbons (Fsp3) is 0.500. The van der Waals surface area contributed by atoms with E-state index in [1.807, 2.05) is 39.0 Å². The number of ether oxygens (including phenoxy) is 1. The zero-order valence-electron chi connectivity index (χ0n) is 19.3. The van der Waals surface area contributed by atoms with Gasteiger partial charge < -0.3 is 20.3 Å². The Labute approximate surface area is 190 Å². The van der Waals surface area contributed by atoms with Crippen LogP contribution < -0.4 is 15.5 Å². The lowest BCUT2D eigenvalue weighted by atomic mass is 10.1. The number of aromatic nitrogens is 2. The minimum absolute atomic E-state index is 0.329. The lowest BCUT2D eigenvalue weighted by molar-refractivity contribution is 0.0520. The Morgan fingerprint density at radius 3 is 2.84 bits per heavy atom. The van der Waals surface area contributed by atoms with Crippen molar-refractivity contribution in [3.63, 3.8) is 0 Å². The fourth-order valence-corrected chi connectivity index (χ4v) is 3.63. The van der Waals surface area contributed by atoms with Gasteiger partial charge in [0.1, 0.15) is 11.4 Å². The Hall–Kier alpha value is -3.34. The largest absolute Gasteiger partial charge is 0.444 e. The maximum absolute atomic E-state index is 12.0. The summed E-state index contributed by atoms with van der Waals surface area (Å²) in [5, 5.41) is 15.3. The van der Waals surface area contributed by atoms with Gasteiger partial charge in [-0.2, -0.15) is 10.2 Å². The molecule has 1 amide bonds. The number of nitrogens with one attached hydrogen (secondary N) is 2. The molecule has 1 aliphatic heterocycles. The standard InChI is InChI=1S/C24H32N6O2/c1-5-7-19-13-21(29-22(27-19)28-20-9-6-8-17(12-20)14-25)30-11-10-18(16-30)15-26-23(31)32-24(2,3)4/h6,8-9,12-13,18H,5,7,10-11,15-16H2,1-4H3,(H,26,31)(H,27,28,29)/t18-/m1/s1. The molecule has 1 aromatic carbocycles. The number of hydrogen-bond acceptors (Lipinski definition) is 7. The molecule has 170 valence electrons. The normalized spacial score (nSPS) is 15.8. The molecule has 0 aliphatic carbocycles. The Kier molecular flexibility index (Phi) is 7.52. The van der Waals surface area contributed by atoms with Gasteiger partial charge in [-0.1, -0.05) is 19.4 Å². The van der Waals surface area contributed by atoms with Crippen LogP contribution in [0.15, 0.2) is 30.3 Å². The maximum atomic E-state index is 12.0. The number of aryl methyl sites for hydroxylation is 1. The number of rotatable bonds is 7. The van der Waals surface area contributed by atoms with E-state index >= 15 is 0 Å². The van der Waals surface area contributed by atoms with Crippen molar-refractivity contribution in [2.75, 3.05) is 29.9 Å². The summed E-state index contributed by atoms with van der Waals surface area (Å²) in [6, 6.07) is 11.5. The molecule has 2 heterocycles. The number of anilines is 3. The Morgan fingerprint density at radius 2 is 2.12 bits per heavy atom. The minimum Gasteiger partial charge on any atom is -0.444 e. The minimum atomic E-state index is -0.501. The van der Waals surface area contributed by atoms with Crippen LogP contribution in [-0.4, -0.2) is 41.3 Å². The second-order valence-corrected chi connectivity index (χ2v) is 9.09. The predicted molar refractivity (Wildman–Crippen MR) is 125 cm³/mol. The quantitative estimate of drug-likeness (QED) is 0.663. The topological polar surface area (TPSA) is 103 Å². The monoisotopic (exact) mass is 436 g/mol. The molecule has 0 saturated carbocycles. The molecule has 1 aromatic heterocycles. The summed E-state index contributed by atoms with van der Waals surface area (Å²) in [6.45, 7) is 9.94. The van der Waals surface area contributed by atoms with Crippen LogP contribution in [0.1, 0.15) is 51.8 Å². The van der Waals surface area contributed by atoms with Crippen molar-refractivity contribution in [1.29, 1.82) is 5.26 Å². The highest BCUT2D eigenvalue weighted by Crippen LogP contribution is 2.25. The van der Waals surface area contributed by atoms with Crippen molar-refractivity contribution in [3.05, 3.63) is 41.6 Å². The molecule has 0 unspecified atom stereocenters. The molecule has 1 aliphatic rings. The molecule has 0 spiro atoms. The van der Waals surface area contributed by atoms with Crippen LogP contribution in [0.4, 0.5) is 22.2 Å². The molecule has 0 radical (unpaired) electrons. The van der Waals surface area contributed by atoms with Gasteiger partial charge in [0, 0.05) is 37.1 Å². The van der Waals surface area contributed by atoms with E-state index in [1.54, 1.807) is 12.1 Å². The molecule has 3 rings (SSSR count). The molecule has 1 fully saturated rings. The van der Waals surface area contributed by atoms with Crippen LogP contribution in [0, 0.1) is 17.2 Å². The molecule has 32 heavy (non-hydrogen) atoms. The van der Waals surface area contributed by atoms with Gasteiger partial charge in [0.2, 0.25) is 5.95 Å². The molecular formula is C24H32N6O2. The van der Waals surface area contributed by atoms with Gasteiger partial charge >= 0.3 is 6.09 Å². The molecule has 8 nitrogen and oxygen atoms in total. The first-order valence-corrected chi connectivity index (χ1v) is 11.1. The van der Waals surface area contributed by atoms with Gasteiger partial charge in [0.05, 0.1) is 11.6 Å². The predicted octanol–water partition coefficient (Wildman–Crippen LogP) is 4.40. The van der Waals surface area contributed by atoms with E-state index < -0.39 is 5.60 Å². The van der Waals surface area contributed by atoms with Gasteiger partial charge in [-0.25, -0.2) is 9.78 Å². The van der Waals surface area contributed by atoms with Gasteiger partial charge in [0.25, 0.3) is 0 Å². The number of carbonyl (C=O) groups is 1. The first-order valence-electron chi connectivity index (χ1n) is 11.1. The average molecular weight is 437 g/mol. The first-order chi connectivity index (χ1) is 15.3. The van der Waals surface area contributed by atoms with Crippen LogP contribution in [0.2, 0.25) is 0 Å². The number of nitrogens with zero attached hydrogens (tertiary/aromatic N) is 4. The molecule has 8 heteroatoms. The first kappa shape index (κ1) is 23.3. The highest BCUT2D eigenvalue weighted by Gasteiger charge is 2.25. The molecule has 0 bridgehead atoms. The SMILES string of the molecule is CCCc1cc(N2CC[C@H](CNC(=O)OC(C)(C)C)C2)nc(Nc2cccc(C#N)c2)n1. The van der Waals surface area contributed by atoms with Crippen LogP contribution in [-0.2, 0) is 11.2 Å². The van der Waals surface area contributed by atoms with E-state index in [9.17, 15) is 4.79 Å². The van der Waals surface area contributed by atoms with Gasteiger partial charge in [-0.05, 0) is 57.7 Å². The summed E-state index contributed by atoms with van der Waals surface area (Å²) >= 11 is 0. The van der Waals surface area contributed by atoms with Crippen LogP contribution in [0.3, 0.4) is 0 Å². The summed E-state index contributed by atoms with van der Waals surface area (Å²) < 4.78 is 5.33. The van der Waals surface area contributed by atoms with E-state index in [1.165, 1.54) is 0 Å². The number of benzene rings is 1. The van der Waals surface area contributed by atoms with E-state index in [4.69, 9.17) is 15.0 Å². The van der Waals surface area contributed by atoms with Crippen molar-refractivity contribution in [1.82, 2.24) is 15.3 Å². The van der Waals surface area contributed by atoms with E-state index in [2.05, 4.69) is 33.5 Å². The number of alkyl carbamates (subject to hydrolysis) is 1. The van der Waals surface area contributed by atoms with Crippen molar-refractivity contribution in [2.45, 2.75) is 52.6 Å². The number of amides is 1. The highest BCUT2D eigenvalue weighted by atomic mass is 16.6. The zero-order chi connectivity index (χ0) is 23.1. The average Bonchev–Trinajstić information content (AvgIpc) is 3.20. The summed E-state index contributed by atoms with van der Waals surface area (Å²) in [5.41, 5.74) is 1.84. The van der Waals surface area contributed by atoms with Crippen LogP contribution in [0.5, 0.6) is 0 Å². The molecule has 2 aromatic rings. The third-order valence-corrected chi connectivity index (χ3v) is 5.06. The lowest BCUT2D eigenvalue weighted by Crippen LogP contribution is -2.36. The Bertz CT molecular complexity index is 979. The molecular weight excluding hydrogens is 404 g/mol. The van der Waals surface area contributed by atoms with Crippen LogP contribution >= 0.6 is 0 Å². The number of carbonyl (C=O) groups excluding carboxylic acids is 1. The van der Waals surface area contributed by atoms with E-state index in [-0.39, 0.29) is 6.09 Å². The molecule has 1 saturated heterocycles. The summed E-state index contributed by atoms with van der Waals surface area (Å²) in [7, 11) is 0. The Balaban J connectivity index is 1.67. The maximum Gasteiger partial charge on any atom is 0.407 e. The summed E-state index contributed by atoms with van der Waals surface area (Å²) in [5.74, 6) is 1.73. The van der Waals surface area contributed by atoms with Crippen LogP contribution in [0.25, 0.3) is 0 Å². The van der Waals surface area contributed by atoms with E-state index in [0.29, 0.717) is 24.0 Å². The van der Waals surface area contributed by atoms with Crippen molar-refractivity contribution < 1.29 is 9.53 Å². The Morgan fingerprint density at radius 1 is 1.31 bits per heavy atom. The second kappa shape index (κ2) is 10.3. The number of hydrogen-bond donors (Lipinski definition) is 2. The fourth-order valence-electron chi connectivity index (χ4n) is 3.63. The van der Waals surface area contributed by atoms with Gasteiger partial charge in [0.15, 0.2) is 0 Å².